The topological polar surface area (TPSA) is 39.2 Å². The van der Waals surface area contributed by atoms with Crippen LogP contribution in [-0.4, -0.2) is 17.6 Å². The Morgan fingerprint density at radius 1 is 1.62 bits per heavy atom. The molecule has 0 unspecified atom stereocenters. The smallest absolute Gasteiger partial charge is 0.435 e. The lowest BCUT2D eigenvalue weighted by molar-refractivity contribution is -0.141. The molecule has 1 heterocycles. The molecule has 1 aromatic heterocycles. The summed E-state index contributed by atoms with van der Waals surface area (Å²) < 4.78 is 41.9. The summed E-state index contributed by atoms with van der Waals surface area (Å²) in [7, 11) is 0. The van der Waals surface area contributed by atoms with Gasteiger partial charge in [-0.05, 0) is 6.92 Å². The molecule has 1 aromatic rings. The van der Waals surface area contributed by atoms with Gasteiger partial charge in [0, 0.05) is 0 Å². The minimum absolute atomic E-state index is 0.132. The molecule has 0 aliphatic heterocycles. The monoisotopic (exact) mass is 251 g/mol. The van der Waals surface area contributed by atoms with E-state index in [2.05, 4.69) is 16.3 Å². The lowest BCUT2D eigenvalue weighted by atomic mass is 10.3. The number of hydrogen-bond acceptors (Lipinski definition) is 4. The Balaban J connectivity index is 3.03. The number of halogens is 3. The van der Waals surface area contributed by atoms with E-state index in [0.717, 1.165) is 0 Å². The lowest BCUT2D eigenvalue weighted by Crippen LogP contribution is -2.13. The van der Waals surface area contributed by atoms with Crippen molar-refractivity contribution in [1.29, 1.82) is 0 Å². The fourth-order valence-electron chi connectivity index (χ4n) is 0.958. The third-order valence-corrected chi connectivity index (χ3v) is 2.47. The predicted molar refractivity (Wildman–Crippen MR) is 52.3 cm³/mol. The highest BCUT2D eigenvalue weighted by Crippen LogP contribution is 2.34. The summed E-state index contributed by atoms with van der Waals surface area (Å²) in [6.07, 6.45) is -3.37. The van der Waals surface area contributed by atoms with E-state index in [-0.39, 0.29) is 11.6 Å². The fourth-order valence-corrected chi connectivity index (χ4v) is 1.79. The van der Waals surface area contributed by atoms with Gasteiger partial charge in [0.15, 0.2) is 5.69 Å². The molecule has 1 rings (SSSR count). The molecule has 0 aromatic carbocycles. The molecule has 0 fully saturated rings. The van der Waals surface area contributed by atoms with E-state index in [4.69, 9.17) is 0 Å². The maximum absolute atomic E-state index is 12.5. The van der Waals surface area contributed by atoms with E-state index >= 15 is 0 Å². The van der Waals surface area contributed by atoms with Crippen molar-refractivity contribution < 1.29 is 22.7 Å². The zero-order valence-electron chi connectivity index (χ0n) is 8.30. The Kier molecular flexibility index (Phi) is 3.69. The van der Waals surface area contributed by atoms with E-state index in [0.29, 0.717) is 11.3 Å². The highest BCUT2D eigenvalue weighted by Gasteiger charge is 2.39. The van der Waals surface area contributed by atoms with Crippen LogP contribution in [0.15, 0.2) is 12.7 Å². The van der Waals surface area contributed by atoms with Gasteiger partial charge in [-0.3, -0.25) is 0 Å². The first-order chi connectivity index (χ1) is 7.36. The average molecular weight is 251 g/mol. The zero-order valence-corrected chi connectivity index (χ0v) is 9.11. The second-order valence-electron chi connectivity index (χ2n) is 2.80. The number of carbonyl (C=O) groups excluding carboxylic acids is 1. The van der Waals surface area contributed by atoms with Gasteiger partial charge in [-0.25, -0.2) is 9.78 Å². The third-order valence-electron chi connectivity index (χ3n) is 1.52. The number of hydrogen-bond donors (Lipinski definition) is 0. The Bertz CT molecular complexity index is 411. The van der Waals surface area contributed by atoms with Crippen LogP contribution >= 0.6 is 11.3 Å². The van der Waals surface area contributed by atoms with Gasteiger partial charge >= 0.3 is 12.1 Å². The van der Waals surface area contributed by atoms with Crippen LogP contribution in [0.2, 0.25) is 0 Å². The fraction of sp³-hybridized carbons (Fsp3) is 0.333. The van der Waals surface area contributed by atoms with Gasteiger partial charge in [-0.2, -0.15) is 13.2 Å². The Morgan fingerprint density at radius 2 is 2.25 bits per heavy atom. The van der Waals surface area contributed by atoms with Gasteiger partial charge in [-0.1, -0.05) is 12.7 Å². The van der Waals surface area contributed by atoms with Crippen molar-refractivity contribution in [3.63, 3.8) is 0 Å². The van der Waals surface area contributed by atoms with Crippen molar-refractivity contribution in [3.05, 3.63) is 28.2 Å². The summed E-state index contributed by atoms with van der Waals surface area (Å²) >= 11 is 0.660. The Hall–Kier alpha value is -1.37. The standard InChI is InChI=1S/C9H8F3NO2S/c1-3-4-15-8(14)6-7(9(10,11)12)13-5(2)16-6/h3H,1,4H2,2H3. The molecule has 0 N–H and O–H groups in total. The molecule has 16 heavy (non-hydrogen) atoms. The number of esters is 1. The van der Waals surface area contributed by atoms with Crippen molar-refractivity contribution in [3.8, 4) is 0 Å². The molecule has 0 spiro atoms. The van der Waals surface area contributed by atoms with Crippen LogP contribution in [0.4, 0.5) is 13.2 Å². The number of ether oxygens (including phenoxy) is 1. The van der Waals surface area contributed by atoms with Crippen molar-refractivity contribution in [1.82, 2.24) is 4.98 Å². The second-order valence-corrected chi connectivity index (χ2v) is 4.00. The number of alkyl halides is 3. The van der Waals surface area contributed by atoms with Crippen molar-refractivity contribution in [2.75, 3.05) is 6.61 Å². The molecule has 0 saturated carbocycles. The Labute approximate surface area is 93.6 Å². The molecule has 0 atom stereocenters. The van der Waals surface area contributed by atoms with Gasteiger partial charge in [0.25, 0.3) is 0 Å². The highest BCUT2D eigenvalue weighted by molar-refractivity contribution is 7.13. The molecule has 7 heteroatoms. The van der Waals surface area contributed by atoms with Crippen molar-refractivity contribution in [2.45, 2.75) is 13.1 Å². The number of thiazole rings is 1. The van der Waals surface area contributed by atoms with Crippen molar-refractivity contribution in [2.24, 2.45) is 0 Å². The minimum atomic E-state index is -4.65. The van der Waals surface area contributed by atoms with Crippen LogP contribution in [-0.2, 0) is 10.9 Å². The lowest BCUT2D eigenvalue weighted by Gasteiger charge is -2.05. The van der Waals surface area contributed by atoms with E-state index < -0.39 is 22.7 Å². The third kappa shape index (κ3) is 2.82. The first kappa shape index (κ1) is 12.7. The maximum Gasteiger partial charge on any atom is 0.435 e. The Morgan fingerprint density at radius 3 is 2.75 bits per heavy atom. The summed E-state index contributed by atoms with van der Waals surface area (Å²) in [6.45, 7) is 4.55. The molecule has 0 amide bonds. The van der Waals surface area contributed by atoms with Gasteiger partial charge < -0.3 is 4.74 Å². The average Bonchev–Trinajstić information content (AvgIpc) is 2.56. The minimum Gasteiger partial charge on any atom is -0.457 e. The van der Waals surface area contributed by atoms with E-state index in [1.807, 2.05) is 0 Å². The molecular weight excluding hydrogens is 243 g/mol. The number of rotatable bonds is 3. The maximum atomic E-state index is 12.5. The van der Waals surface area contributed by atoms with E-state index in [1.165, 1.54) is 13.0 Å². The predicted octanol–water partition coefficient (Wildman–Crippen LogP) is 2.81. The van der Waals surface area contributed by atoms with E-state index in [9.17, 15) is 18.0 Å². The van der Waals surface area contributed by atoms with Gasteiger partial charge in [0.1, 0.15) is 11.5 Å². The van der Waals surface area contributed by atoms with Gasteiger partial charge in [0.05, 0.1) is 5.01 Å². The number of nitrogens with zero attached hydrogens (tertiary/aromatic N) is 1. The number of carbonyl (C=O) groups is 1. The normalized spacial score (nSPS) is 11.2. The van der Waals surface area contributed by atoms with Crippen LogP contribution in [0, 0.1) is 6.92 Å². The summed E-state index contributed by atoms with van der Waals surface area (Å²) in [5.41, 5.74) is -1.19. The largest absolute Gasteiger partial charge is 0.457 e. The molecular formula is C9H8F3NO2S. The molecule has 88 valence electrons. The number of aryl methyl sites for hydroxylation is 1. The summed E-state index contributed by atoms with van der Waals surface area (Å²) in [5.74, 6) is -1.03. The molecule has 0 aliphatic carbocycles. The van der Waals surface area contributed by atoms with Crippen LogP contribution in [0.5, 0.6) is 0 Å². The van der Waals surface area contributed by atoms with Gasteiger partial charge in [-0.15, -0.1) is 11.3 Å². The quantitative estimate of drug-likeness (QED) is 0.612. The van der Waals surface area contributed by atoms with E-state index in [1.54, 1.807) is 0 Å². The highest BCUT2D eigenvalue weighted by atomic mass is 32.1. The van der Waals surface area contributed by atoms with Crippen molar-refractivity contribution >= 4 is 17.3 Å². The molecule has 0 aliphatic rings. The first-order valence-electron chi connectivity index (χ1n) is 4.19. The molecule has 3 nitrogen and oxygen atoms in total. The van der Waals surface area contributed by atoms with Crippen LogP contribution in [0.25, 0.3) is 0 Å². The first-order valence-corrected chi connectivity index (χ1v) is 5.00. The van der Waals surface area contributed by atoms with Gasteiger partial charge in [0.2, 0.25) is 0 Å². The molecule has 0 saturated heterocycles. The van der Waals surface area contributed by atoms with Crippen LogP contribution in [0.3, 0.4) is 0 Å². The second kappa shape index (κ2) is 4.65. The summed E-state index contributed by atoms with van der Waals surface area (Å²) in [4.78, 5) is 14.0. The molecule has 0 radical (unpaired) electrons. The van der Waals surface area contributed by atoms with Crippen LogP contribution < -0.4 is 0 Å². The molecule has 0 bridgehead atoms. The summed E-state index contributed by atoms with van der Waals surface area (Å²) in [6, 6.07) is 0. The number of aromatic nitrogens is 1. The zero-order chi connectivity index (χ0) is 12.3. The van der Waals surface area contributed by atoms with Crippen LogP contribution in [0.1, 0.15) is 20.4 Å². The summed E-state index contributed by atoms with van der Waals surface area (Å²) in [5, 5.41) is 0.165. The SMILES string of the molecule is C=CCOC(=O)c1sc(C)nc1C(F)(F)F.